The van der Waals surface area contributed by atoms with Crippen LogP contribution in [0.25, 0.3) is 0 Å². The molecule has 5 rings (SSSR count). The van der Waals surface area contributed by atoms with Crippen molar-refractivity contribution in [2.24, 2.45) is 17.6 Å². The minimum Gasteiger partial charge on any atom is -0.370 e. The number of amides is 4. The van der Waals surface area contributed by atoms with Gasteiger partial charge < -0.3 is 11.1 Å². The van der Waals surface area contributed by atoms with Crippen molar-refractivity contribution in [3.05, 3.63) is 64.7 Å². The van der Waals surface area contributed by atoms with Crippen LogP contribution in [0, 0.1) is 11.8 Å². The van der Waals surface area contributed by atoms with Crippen molar-refractivity contribution in [1.82, 2.24) is 10.2 Å². The van der Waals surface area contributed by atoms with Gasteiger partial charge >= 0.3 is 0 Å². The molecule has 0 aromatic heterocycles. The minimum atomic E-state index is -1.49. The number of likely N-dealkylation sites (tertiary alicyclic amines) is 1. The van der Waals surface area contributed by atoms with Gasteiger partial charge in [-0.1, -0.05) is 41.9 Å². The first kappa shape index (κ1) is 20.7. The molecule has 0 radical (unpaired) electrons. The highest BCUT2D eigenvalue weighted by atomic mass is 35.5. The van der Waals surface area contributed by atoms with Gasteiger partial charge in [-0.15, -0.1) is 0 Å². The van der Waals surface area contributed by atoms with Gasteiger partial charge in [0.05, 0.1) is 11.8 Å². The number of nitrogens with one attached hydrogen (secondary N) is 2. The zero-order chi connectivity index (χ0) is 22.6. The molecule has 164 valence electrons. The predicted octanol–water partition coefficient (Wildman–Crippen LogP) is 1.18. The van der Waals surface area contributed by atoms with Gasteiger partial charge in [0, 0.05) is 35.3 Å². The van der Waals surface area contributed by atoms with Crippen LogP contribution in [0.2, 0.25) is 5.02 Å². The number of anilines is 1. The lowest BCUT2D eigenvalue weighted by Gasteiger charge is -2.29. The predicted molar refractivity (Wildman–Crippen MR) is 116 cm³/mol. The van der Waals surface area contributed by atoms with Gasteiger partial charge in [0.1, 0.15) is 5.54 Å². The lowest BCUT2D eigenvalue weighted by atomic mass is 9.76. The van der Waals surface area contributed by atoms with E-state index in [1.807, 2.05) is 30.3 Å². The van der Waals surface area contributed by atoms with E-state index in [1.165, 1.54) is 4.90 Å². The van der Waals surface area contributed by atoms with Crippen molar-refractivity contribution in [2.75, 3.05) is 11.9 Å². The maximum atomic E-state index is 13.6. The maximum absolute atomic E-state index is 13.6. The fourth-order valence-electron chi connectivity index (χ4n) is 5.33. The summed E-state index contributed by atoms with van der Waals surface area (Å²) in [7, 11) is 0. The molecule has 4 amide bonds. The topological polar surface area (TPSA) is 122 Å². The lowest BCUT2D eigenvalue weighted by molar-refractivity contribution is -0.142. The molecule has 8 nitrogen and oxygen atoms in total. The summed E-state index contributed by atoms with van der Waals surface area (Å²) in [5, 5.41) is 6.34. The van der Waals surface area contributed by atoms with Gasteiger partial charge in [0.25, 0.3) is 0 Å². The van der Waals surface area contributed by atoms with Crippen LogP contribution in [0.5, 0.6) is 0 Å². The molecule has 32 heavy (non-hydrogen) atoms. The summed E-state index contributed by atoms with van der Waals surface area (Å²) in [4.78, 5) is 53.2. The normalized spacial score (nSPS) is 28.2. The number of hydrogen-bond acceptors (Lipinski definition) is 5. The van der Waals surface area contributed by atoms with E-state index < -0.39 is 47.0 Å². The van der Waals surface area contributed by atoms with E-state index in [0.717, 1.165) is 5.56 Å². The molecular formula is C23H21ClN4O4. The second kappa shape index (κ2) is 7.43. The van der Waals surface area contributed by atoms with E-state index in [9.17, 15) is 19.2 Å². The minimum absolute atomic E-state index is 0.169. The third kappa shape index (κ3) is 2.94. The van der Waals surface area contributed by atoms with E-state index in [4.69, 9.17) is 17.3 Å². The Morgan fingerprint density at radius 2 is 1.84 bits per heavy atom. The van der Waals surface area contributed by atoms with Crippen LogP contribution in [-0.4, -0.2) is 41.1 Å². The van der Waals surface area contributed by atoms with Crippen LogP contribution < -0.4 is 16.4 Å². The molecule has 4 atom stereocenters. The Labute approximate surface area is 189 Å². The number of rotatable bonds is 5. The molecule has 0 bridgehead atoms. The van der Waals surface area contributed by atoms with Crippen LogP contribution in [0.4, 0.5) is 5.69 Å². The molecule has 0 aliphatic carbocycles. The molecule has 2 unspecified atom stereocenters. The zero-order valence-corrected chi connectivity index (χ0v) is 17.8. The van der Waals surface area contributed by atoms with Crippen molar-refractivity contribution in [3.8, 4) is 0 Å². The summed E-state index contributed by atoms with van der Waals surface area (Å²) in [6.45, 7) is 0.193. The number of carbonyl (C=O) groups excluding carboxylic acids is 4. The molecular weight excluding hydrogens is 432 g/mol. The quantitative estimate of drug-likeness (QED) is 0.588. The van der Waals surface area contributed by atoms with Crippen molar-refractivity contribution in [3.63, 3.8) is 0 Å². The Morgan fingerprint density at radius 3 is 2.56 bits per heavy atom. The average Bonchev–Trinajstić information content (AvgIpc) is 3.32. The molecule has 3 heterocycles. The second-order valence-corrected chi connectivity index (χ2v) is 8.88. The first-order chi connectivity index (χ1) is 15.3. The summed E-state index contributed by atoms with van der Waals surface area (Å²) >= 11 is 6.20. The highest BCUT2D eigenvalue weighted by Crippen LogP contribution is 2.53. The highest BCUT2D eigenvalue weighted by Gasteiger charge is 2.70. The standard InChI is InChI=1S/C23H21ClN4O4/c24-13-6-7-15-14(10-13)23(22(32)26-15)19-18(16(27-23)11-17(25)29)20(30)28(21(19)31)9-8-12-4-2-1-3-5-12/h1-7,10,16,18-19,27H,8-9,11H2,(H2,25,29)(H,26,32)/t16?,18-,19+,23?/m1/s1. The fourth-order valence-corrected chi connectivity index (χ4v) is 5.50. The highest BCUT2D eigenvalue weighted by molar-refractivity contribution is 6.31. The second-order valence-electron chi connectivity index (χ2n) is 8.44. The number of primary amides is 1. The Morgan fingerprint density at radius 1 is 1.09 bits per heavy atom. The summed E-state index contributed by atoms with van der Waals surface area (Å²) in [6, 6.07) is 13.7. The Kier molecular flexibility index (Phi) is 4.79. The molecule has 3 aliphatic rings. The maximum Gasteiger partial charge on any atom is 0.250 e. The van der Waals surface area contributed by atoms with E-state index in [2.05, 4.69) is 10.6 Å². The molecule has 2 aromatic carbocycles. The average molecular weight is 453 g/mol. The molecule has 9 heteroatoms. The largest absolute Gasteiger partial charge is 0.370 e. The van der Waals surface area contributed by atoms with E-state index in [-0.39, 0.29) is 13.0 Å². The van der Waals surface area contributed by atoms with E-state index in [0.29, 0.717) is 22.7 Å². The zero-order valence-electron chi connectivity index (χ0n) is 17.0. The van der Waals surface area contributed by atoms with E-state index >= 15 is 0 Å². The van der Waals surface area contributed by atoms with Crippen molar-refractivity contribution < 1.29 is 19.2 Å². The summed E-state index contributed by atoms with van der Waals surface area (Å²) in [6.07, 6.45) is 0.324. The van der Waals surface area contributed by atoms with E-state index in [1.54, 1.807) is 18.2 Å². The number of imide groups is 1. The Hall–Kier alpha value is -3.23. The molecule has 1 spiro atoms. The number of benzene rings is 2. The Balaban J connectivity index is 1.55. The third-order valence-corrected chi connectivity index (χ3v) is 6.89. The fraction of sp³-hybridized carbons (Fsp3) is 0.304. The van der Waals surface area contributed by atoms with Gasteiger partial charge in [-0.25, -0.2) is 0 Å². The number of nitrogens with zero attached hydrogens (tertiary/aromatic N) is 1. The van der Waals surface area contributed by atoms with Gasteiger partial charge in [-0.2, -0.15) is 0 Å². The molecule has 4 N–H and O–H groups in total. The van der Waals surface area contributed by atoms with Crippen molar-refractivity contribution in [2.45, 2.75) is 24.4 Å². The SMILES string of the molecule is NC(=O)CC1NC2(C(=O)Nc3ccc(Cl)cc32)[C@@H]2C(=O)N(CCc3ccccc3)C(=O)[C@H]12. The molecule has 2 aromatic rings. The summed E-state index contributed by atoms with van der Waals surface area (Å²) < 4.78 is 0. The number of halogens is 1. The smallest absolute Gasteiger partial charge is 0.250 e. The van der Waals surface area contributed by atoms with Gasteiger partial charge in [0.2, 0.25) is 23.6 Å². The monoisotopic (exact) mass is 452 g/mol. The van der Waals surface area contributed by atoms with Crippen LogP contribution in [-0.2, 0) is 31.1 Å². The van der Waals surface area contributed by atoms with Crippen LogP contribution >= 0.6 is 11.6 Å². The molecule has 2 fully saturated rings. The third-order valence-electron chi connectivity index (χ3n) is 6.66. The van der Waals surface area contributed by atoms with Crippen LogP contribution in [0.1, 0.15) is 17.5 Å². The lowest BCUT2D eigenvalue weighted by Crippen LogP contribution is -2.53. The van der Waals surface area contributed by atoms with Gasteiger partial charge in [-0.05, 0) is 30.2 Å². The Bertz CT molecular complexity index is 1150. The van der Waals surface area contributed by atoms with Crippen LogP contribution in [0.15, 0.2) is 48.5 Å². The first-order valence-electron chi connectivity index (χ1n) is 10.4. The molecule has 0 saturated carbocycles. The summed E-state index contributed by atoms with van der Waals surface area (Å²) in [5.74, 6) is -3.75. The van der Waals surface area contributed by atoms with Crippen molar-refractivity contribution in [1.29, 1.82) is 0 Å². The number of nitrogens with two attached hydrogens (primary N) is 1. The van der Waals surface area contributed by atoms with Gasteiger partial charge in [0.15, 0.2) is 0 Å². The van der Waals surface area contributed by atoms with Crippen molar-refractivity contribution >= 4 is 40.9 Å². The number of fused-ring (bicyclic) bond motifs is 4. The first-order valence-corrected chi connectivity index (χ1v) is 10.8. The van der Waals surface area contributed by atoms with Gasteiger partial charge in [-0.3, -0.25) is 29.4 Å². The molecule has 3 aliphatic heterocycles. The van der Waals surface area contributed by atoms with Crippen LogP contribution in [0.3, 0.4) is 0 Å². The number of hydrogen-bond donors (Lipinski definition) is 3. The molecule has 2 saturated heterocycles. The number of carbonyl (C=O) groups is 4. The summed E-state index contributed by atoms with van der Waals surface area (Å²) in [5.41, 5.74) is 5.96.